The van der Waals surface area contributed by atoms with Gasteiger partial charge < -0.3 is 0 Å². The van der Waals surface area contributed by atoms with Gasteiger partial charge in [-0.15, -0.1) is 0 Å². The minimum absolute atomic E-state index is 0.478. The van der Waals surface area contributed by atoms with E-state index in [1.807, 2.05) is 58.8 Å². The Hall–Kier alpha value is 4.55. The number of hydrogen-bond acceptors (Lipinski definition) is 13. The smallest absolute Gasteiger partial charge is 0.0226 e. The summed E-state index contributed by atoms with van der Waals surface area (Å²) in [5, 5.41) is 2.28. The second kappa shape index (κ2) is 29.5. The zero-order chi connectivity index (χ0) is 24.6. The summed E-state index contributed by atoms with van der Waals surface area (Å²) >= 11 is 41.3. The molecule has 0 aliphatic heterocycles. The lowest BCUT2D eigenvalue weighted by Gasteiger charge is -2.14. The molecule has 4 atom stereocenters. The first-order valence-corrected chi connectivity index (χ1v) is 22.4. The molecule has 200 valence electrons. The van der Waals surface area contributed by atoms with Crippen molar-refractivity contribution in [2.75, 3.05) is 92.0 Å². The molecule has 0 nitrogen and oxygen atoms in total. The van der Waals surface area contributed by atoms with Crippen LogP contribution in [0.4, 0.5) is 0 Å². The van der Waals surface area contributed by atoms with Crippen molar-refractivity contribution < 1.29 is 0 Å². The predicted molar refractivity (Wildman–Crippen MR) is 200 cm³/mol. The molecule has 0 saturated carbocycles. The molecule has 4 unspecified atom stereocenters. The SMILES string of the molecule is SCCSC(CS)CSCCSCC(S)CSCC(S)CSCCSCC(CS)SCCS. The van der Waals surface area contributed by atoms with Gasteiger partial charge in [0.2, 0.25) is 0 Å². The minimum Gasteiger partial charge on any atom is -0.179 e. The van der Waals surface area contributed by atoms with Crippen molar-refractivity contribution in [3.8, 4) is 0 Å². The molecule has 0 aliphatic carbocycles. The van der Waals surface area contributed by atoms with Gasteiger partial charge in [-0.25, -0.2) is 0 Å². The molecule has 0 spiro atoms. The lowest BCUT2D eigenvalue weighted by Crippen LogP contribution is -2.13. The summed E-state index contributed by atoms with van der Waals surface area (Å²) in [6.45, 7) is 0. The van der Waals surface area contributed by atoms with E-state index < -0.39 is 0 Å². The van der Waals surface area contributed by atoms with Crippen LogP contribution in [-0.4, -0.2) is 113 Å². The molecule has 33 heavy (non-hydrogen) atoms. The van der Waals surface area contributed by atoms with E-state index in [9.17, 15) is 0 Å². The Balaban J connectivity index is 3.52. The normalized spacial score (nSPS) is 15.5. The number of hydrogen-bond donors (Lipinski definition) is 6. The zero-order valence-corrected chi connectivity index (χ0v) is 30.2. The summed E-state index contributed by atoms with van der Waals surface area (Å²) < 4.78 is 0. The van der Waals surface area contributed by atoms with Gasteiger partial charge in [-0.3, -0.25) is 0 Å². The highest BCUT2D eigenvalue weighted by molar-refractivity contribution is 8.06. The second-order valence-corrected chi connectivity index (χ2v) is 18.5. The minimum atomic E-state index is 0.478. The van der Waals surface area contributed by atoms with Gasteiger partial charge in [0, 0.05) is 102 Å². The molecule has 0 rings (SSSR count). The molecule has 0 aromatic heterocycles. The van der Waals surface area contributed by atoms with E-state index in [1.165, 1.54) is 34.5 Å². The summed E-state index contributed by atoms with van der Waals surface area (Å²) in [6.07, 6.45) is 0. The summed E-state index contributed by atoms with van der Waals surface area (Å²) in [4.78, 5) is 0. The highest BCUT2D eigenvalue weighted by Crippen LogP contribution is 2.22. The first-order chi connectivity index (χ1) is 16.1. The average Bonchev–Trinajstić information content (AvgIpc) is 2.82. The number of rotatable bonds is 26. The lowest BCUT2D eigenvalue weighted by molar-refractivity contribution is 1.13. The molecular formula is C20H42S13. The fourth-order valence-electron chi connectivity index (χ4n) is 2.29. The Labute approximate surface area is 267 Å². The van der Waals surface area contributed by atoms with Gasteiger partial charge in [0.05, 0.1) is 0 Å². The van der Waals surface area contributed by atoms with Crippen molar-refractivity contribution in [1.82, 2.24) is 0 Å². The Morgan fingerprint density at radius 2 is 0.758 bits per heavy atom. The maximum Gasteiger partial charge on any atom is 0.0226 e. The van der Waals surface area contributed by atoms with Gasteiger partial charge in [0.15, 0.2) is 0 Å². The van der Waals surface area contributed by atoms with Crippen LogP contribution in [0, 0.1) is 0 Å². The van der Waals surface area contributed by atoms with E-state index in [2.05, 4.69) is 74.0 Å². The predicted octanol–water partition coefficient (Wildman–Crippen LogP) is 7.17. The van der Waals surface area contributed by atoms with Crippen molar-refractivity contribution in [2.45, 2.75) is 21.0 Å². The average molecular weight is 699 g/mol. The van der Waals surface area contributed by atoms with E-state index in [4.69, 9.17) is 25.3 Å². The molecule has 0 aliphatic rings. The molecule has 0 aromatic rings. The van der Waals surface area contributed by atoms with Crippen molar-refractivity contribution in [3.05, 3.63) is 0 Å². The third-order valence-corrected chi connectivity index (χ3v) is 17.3. The van der Waals surface area contributed by atoms with Crippen LogP contribution >= 0.6 is 158 Å². The standard InChI is InChI=1S/C20H42S13/c21-1-3-32-19(9-23)15-29-7-5-27-11-17(25)13-31-14-18(26)12-28-6-8-30-16-20(10-24)33-4-2-22/h17-26H,1-16H2. The van der Waals surface area contributed by atoms with Crippen LogP contribution in [0.15, 0.2) is 0 Å². The van der Waals surface area contributed by atoms with Crippen LogP contribution in [0.25, 0.3) is 0 Å². The molecule has 0 N–H and O–H groups in total. The van der Waals surface area contributed by atoms with Crippen molar-refractivity contribution in [1.29, 1.82) is 0 Å². The topological polar surface area (TPSA) is 0 Å². The maximum absolute atomic E-state index is 4.78. The molecule has 0 aromatic carbocycles. The summed E-state index contributed by atoms with van der Waals surface area (Å²) in [7, 11) is 0. The largest absolute Gasteiger partial charge is 0.179 e. The third kappa shape index (κ3) is 26.5. The van der Waals surface area contributed by atoms with Crippen molar-refractivity contribution in [2.24, 2.45) is 0 Å². The van der Waals surface area contributed by atoms with E-state index in [0.717, 1.165) is 57.5 Å². The Kier molecular flexibility index (Phi) is 33.6. The van der Waals surface area contributed by atoms with Gasteiger partial charge in [-0.05, 0) is 11.5 Å². The first kappa shape index (κ1) is 37.6. The van der Waals surface area contributed by atoms with Gasteiger partial charge in [0.25, 0.3) is 0 Å². The van der Waals surface area contributed by atoms with Crippen LogP contribution in [0.2, 0.25) is 0 Å². The monoisotopic (exact) mass is 698 g/mol. The van der Waals surface area contributed by atoms with Gasteiger partial charge in [-0.2, -0.15) is 158 Å². The van der Waals surface area contributed by atoms with E-state index >= 15 is 0 Å². The van der Waals surface area contributed by atoms with Gasteiger partial charge >= 0.3 is 0 Å². The van der Waals surface area contributed by atoms with Crippen molar-refractivity contribution in [3.63, 3.8) is 0 Å². The van der Waals surface area contributed by atoms with Gasteiger partial charge in [0.1, 0.15) is 0 Å². The third-order valence-electron chi connectivity index (χ3n) is 3.89. The second-order valence-electron chi connectivity index (χ2n) is 6.94. The van der Waals surface area contributed by atoms with Gasteiger partial charge in [-0.1, -0.05) is 0 Å². The molecule has 0 amide bonds. The summed E-state index contributed by atoms with van der Waals surface area (Å²) in [5.74, 6) is 17.9. The fourth-order valence-corrected chi connectivity index (χ4v) is 13.2. The molecular weight excluding hydrogens is 657 g/mol. The van der Waals surface area contributed by atoms with Crippen LogP contribution < -0.4 is 0 Å². The molecule has 0 heterocycles. The van der Waals surface area contributed by atoms with Crippen LogP contribution in [0.1, 0.15) is 0 Å². The number of thioether (sulfide) groups is 7. The lowest BCUT2D eigenvalue weighted by atomic mass is 10.5. The quantitative estimate of drug-likeness (QED) is 0.0414. The molecule has 0 fully saturated rings. The van der Waals surface area contributed by atoms with Crippen LogP contribution in [0.5, 0.6) is 0 Å². The molecule has 0 saturated heterocycles. The van der Waals surface area contributed by atoms with E-state index in [1.54, 1.807) is 0 Å². The van der Waals surface area contributed by atoms with E-state index in [0.29, 0.717) is 21.0 Å². The molecule has 0 radical (unpaired) electrons. The van der Waals surface area contributed by atoms with Crippen molar-refractivity contribution >= 4 is 158 Å². The summed E-state index contributed by atoms with van der Waals surface area (Å²) in [5.41, 5.74) is 0. The molecule has 0 bridgehead atoms. The highest BCUT2D eigenvalue weighted by atomic mass is 32.2. The van der Waals surface area contributed by atoms with Crippen LogP contribution in [0.3, 0.4) is 0 Å². The Morgan fingerprint density at radius 3 is 1.09 bits per heavy atom. The van der Waals surface area contributed by atoms with Crippen LogP contribution in [-0.2, 0) is 0 Å². The Bertz CT molecular complexity index is 357. The van der Waals surface area contributed by atoms with E-state index in [-0.39, 0.29) is 0 Å². The zero-order valence-electron chi connectivity index (χ0n) is 19.2. The summed E-state index contributed by atoms with van der Waals surface area (Å²) in [6, 6.07) is 0. The fraction of sp³-hybridized carbons (Fsp3) is 1.00. The first-order valence-electron chi connectivity index (χ1n) is 11.0. The maximum atomic E-state index is 4.78. The molecule has 13 heteroatoms. The number of thiol groups is 6. The Morgan fingerprint density at radius 1 is 0.424 bits per heavy atom. The highest BCUT2D eigenvalue weighted by Gasteiger charge is 2.10.